The second kappa shape index (κ2) is 10.6. The van der Waals surface area contributed by atoms with Gasteiger partial charge in [0.2, 0.25) is 0 Å². The van der Waals surface area contributed by atoms with Gasteiger partial charge in [-0.25, -0.2) is 0 Å². The first kappa shape index (κ1) is 21.6. The Balaban J connectivity index is 1.67. The third kappa shape index (κ3) is 6.46. The molecule has 1 aliphatic rings. The van der Waals surface area contributed by atoms with Gasteiger partial charge in [0, 0.05) is 19.1 Å². The second-order valence-corrected chi connectivity index (χ2v) is 8.83. The van der Waals surface area contributed by atoms with Gasteiger partial charge < -0.3 is 9.73 Å². The molecule has 1 aromatic heterocycles. The maximum Gasteiger partial charge on any atom is 0.286 e. The van der Waals surface area contributed by atoms with Gasteiger partial charge in [-0.1, -0.05) is 57.4 Å². The molecule has 4 heteroatoms. The van der Waals surface area contributed by atoms with Crippen LogP contribution in [0.4, 0.5) is 0 Å². The van der Waals surface area contributed by atoms with E-state index < -0.39 is 0 Å². The number of rotatable bonds is 9. The molecule has 0 bridgehead atoms. The number of benzene rings is 1. The topological polar surface area (TPSA) is 45.5 Å². The van der Waals surface area contributed by atoms with Gasteiger partial charge in [-0.05, 0) is 55.4 Å². The zero-order chi connectivity index (χ0) is 20.6. The van der Waals surface area contributed by atoms with Gasteiger partial charge in [0.25, 0.3) is 5.91 Å². The number of aryl methyl sites for hydroxylation is 1. The Morgan fingerprint density at radius 3 is 2.59 bits per heavy atom. The zero-order valence-electron chi connectivity index (χ0n) is 18.2. The van der Waals surface area contributed by atoms with Crippen LogP contribution in [-0.2, 0) is 13.1 Å². The third-order valence-electron chi connectivity index (χ3n) is 5.98. The van der Waals surface area contributed by atoms with Crippen LogP contribution < -0.4 is 5.32 Å². The van der Waals surface area contributed by atoms with E-state index in [1.54, 1.807) is 0 Å². The average Bonchev–Trinajstić information content (AvgIpc) is 3.18. The van der Waals surface area contributed by atoms with Crippen molar-refractivity contribution in [2.24, 2.45) is 5.92 Å². The molecule has 158 valence electrons. The predicted molar refractivity (Wildman–Crippen MR) is 118 cm³/mol. The van der Waals surface area contributed by atoms with E-state index >= 15 is 0 Å². The molecule has 1 amide bonds. The van der Waals surface area contributed by atoms with Gasteiger partial charge in [-0.2, -0.15) is 0 Å². The number of carbonyl (C=O) groups is 1. The number of carbonyl (C=O) groups excluding carboxylic acids is 1. The maximum atomic E-state index is 12.3. The van der Waals surface area contributed by atoms with Crippen molar-refractivity contribution in [1.29, 1.82) is 0 Å². The Morgan fingerprint density at radius 1 is 1.10 bits per heavy atom. The normalized spacial score (nSPS) is 15.2. The Kier molecular flexibility index (Phi) is 7.93. The summed E-state index contributed by atoms with van der Waals surface area (Å²) in [4.78, 5) is 14.9. The Labute approximate surface area is 175 Å². The van der Waals surface area contributed by atoms with Crippen LogP contribution in [-0.4, -0.2) is 23.4 Å². The molecule has 1 aromatic carbocycles. The van der Waals surface area contributed by atoms with Crippen LogP contribution in [0.3, 0.4) is 0 Å². The van der Waals surface area contributed by atoms with Crippen molar-refractivity contribution in [2.45, 2.75) is 78.4 Å². The second-order valence-electron chi connectivity index (χ2n) is 8.83. The molecule has 1 saturated carbocycles. The Hall–Kier alpha value is -2.07. The summed E-state index contributed by atoms with van der Waals surface area (Å²) in [6.07, 6.45) is 7.42. The minimum Gasteiger partial charge on any atom is -0.455 e. The third-order valence-corrected chi connectivity index (χ3v) is 5.98. The maximum absolute atomic E-state index is 12.3. The van der Waals surface area contributed by atoms with E-state index in [4.69, 9.17) is 4.42 Å². The van der Waals surface area contributed by atoms with Gasteiger partial charge in [0.05, 0.1) is 6.54 Å². The summed E-state index contributed by atoms with van der Waals surface area (Å²) < 4.78 is 5.94. The first-order valence-corrected chi connectivity index (χ1v) is 11.2. The van der Waals surface area contributed by atoms with Crippen molar-refractivity contribution in [3.05, 3.63) is 59.0 Å². The van der Waals surface area contributed by atoms with E-state index in [1.807, 2.05) is 12.1 Å². The van der Waals surface area contributed by atoms with Crippen LogP contribution >= 0.6 is 0 Å². The highest BCUT2D eigenvalue weighted by Crippen LogP contribution is 2.27. The van der Waals surface area contributed by atoms with Gasteiger partial charge in [-0.15, -0.1) is 0 Å². The largest absolute Gasteiger partial charge is 0.455 e. The molecule has 29 heavy (non-hydrogen) atoms. The Bertz CT molecular complexity index is 775. The fourth-order valence-corrected chi connectivity index (χ4v) is 4.11. The van der Waals surface area contributed by atoms with E-state index in [-0.39, 0.29) is 5.91 Å². The summed E-state index contributed by atoms with van der Waals surface area (Å²) in [5, 5.41) is 2.96. The molecule has 2 aromatic rings. The zero-order valence-corrected chi connectivity index (χ0v) is 18.2. The molecule has 1 N–H and O–H groups in total. The molecule has 0 spiro atoms. The summed E-state index contributed by atoms with van der Waals surface area (Å²) in [5.41, 5.74) is 2.70. The summed E-state index contributed by atoms with van der Waals surface area (Å²) >= 11 is 0. The van der Waals surface area contributed by atoms with Crippen LogP contribution in [0.15, 0.2) is 40.8 Å². The smallest absolute Gasteiger partial charge is 0.286 e. The van der Waals surface area contributed by atoms with E-state index in [0.717, 1.165) is 25.3 Å². The fourth-order valence-electron chi connectivity index (χ4n) is 4.11. The monoisotopic (exact) mass is 396 g/mol. The van der Waals surface area contributed by atoms with Crippen LogP contribution in [0.2, 0.25) is 0 Å². The van der Waals surface area contributed by atoms with E-state index in [2.05, 4.69) is 55.3 Å². The lowest BCUT2D eigenvalue weighted by atomic mass is 9.93. The fraction of sp³-hybridized carbons (Fsp3) is 0.560. The highest BCUT2D eigenvalue weighted by molar-refractivity contribution is 5.91. The highest BCUT2D eigenvalue weighted by Gasteiger charge is 2.23. The molecule has 1 fully saturated rings. The van der Waals surface area contributed by atoms with E-state index in [9.17, 15) is 4.79 Å². The predicted octanol–water partition coefficient (Wildman–Crippen LogP) is 5.70. The first-order valence-electron chi connectivity index (χ1n) is 11.2. The molecular formula is C25H36N2O2. The van der Waals surface area contributed by atoms with Crippen molar-refractivity contribution < 1.29 is 9.21 Å². The number of furan rings is 1. The lowest BCUT2D eigenvalue weighted by molar-refractivity contribution is 0.0914. The average molecular weight is 397 g/mol. The van der Waals surface area contributed by atoms with Crippen LogP contribution in [0.1, 0.15) is 79.8 Å². The van der Waals surface area contributed by atoms with Crippen molar-refractivity contribution in [3.63, 3.8) is 0 Å². The van der Waals surface area contributed by atoms with Crippen molar-refractivity contribution in [2.75, 3.05) is 6.54 Å². The minimum atomic E-state index is -0.111. The number of hydrogen-bond acceptors (Lipinski definition) is 3. The van der Waals surface area contributed by atoms with Crippen LogP contribution in [0, 0.1) is 12.8 Å². The molecule has 1 heterocycles. The van der Waals surface area contributed by atoms with Crippen molar-refractivity contribution >= 4 is 5.91 Å². The lowest BCUT2D eigenvalue weighted by Gasteiger charge is -2.34. The summed E-state index contributed by atoms with van der Waals surface area (Å²) in [5.74, 6) is 1.76. The molecule has 0 atom stereocenters. The van der Waals surface area contributed by atoms with E-state index in [1.165, 1.54) is 43.2 Å². The summed E-state index contributed by atoms with van der Waals surface area (Å²) in [6.45, 7) is 8.86. The molecule has 1 aliphatic carbocycles. The number of amides is 1. The van der Waals surface area contributed by atoms with Gasteiger partial charge in [-0.3, -0.25) is 9.69 Å². The number of nitrogens with zero attached hydrogens (tertiary/aromatic N) is 1. The summed E-state index contributed by atoms with van der Waals surface area (Å²) in [6, 6.07) is 13.0. The van der Waals surface area contributed by atoms with Gasteiger partial charge in [0.15, 0.2) is 5.76 Å². The molecule has 3 rings (SSSR count). The molecule has 0 saturated heterocycles. The van der Waals surface area contributed by atoms with Crippen molar-refractivity contribution in [1.82, 2.24) is 10.2 Å². The SMILES string of the molecule is Cc1ccccc1CN(Cc1ccc(C(=O)NCCC(C)C)o1)C1CCCCC1. The Morgan fingerprint density at radius 2 is 1.86 bits per heavy atom. The number of nitrogens with one attached hydrogen (secondary N) is 1. The molecule has 0 unspecified atom stereocenters. The van der Waals surface area contributed by atoms with Crippen molar-refractivity contribution in [3.8, 4) is 0 Å². The minimum absolute atomic E-state index is 0.111. The lowest BCUT2D eigenvalue weighted by Crippen LogP contribution is -2.36. The van der Waals surface area contributed by atoms with Crippen LogP contribution in [0.5, 0.6) is 0 Å². The molecule has 4 nitrogen and oxygen atoms in total. The first-order chi connectivity index (χ1) is 14.0. The number of hydrogen-bond donors (Lipinski definition) is 1. The molecule has 0 radical (unpaired) electrons. The summed E-state index contributed by atoms with van der Waals surface area (Å²) in [7, 11) is 0. The molecular weight excluding hydrogens is 360 g/mol. The quantitative estimate of drug-likeness (QED) is 0.591. The van der Waals surface area contributed by atoms with Gasteiger partial charge in [0.1, 0.15) is 5.76 Å². The van der Waals surface area contributed by atoms with Gasteiger partial charge >= 0.3 is 0 Å². The van der Waals surface area contributed by atoms with Crippen LogP contribution in [0.25, 0.3) is 0 Å². The van der Waals surface area contributed by atoms with E-state index in [0.29, 0.717) is 24.3 Å². The standard InChI is InChI=1S/C25H36N2O2/c1-19(2)15-16-26-25(28)24-14-13-23(29-24)18-27(22-11-5-4-6-12-22)17-21-10-8-7-9-20(21)3/h7-10,13-14,19,22H,4-6,11-12,15-18H2,1-3H3,(H,26,28). The highest BCUT2D eigenvalue weighted by atomic mass is 16.4. The molecule has 0 aliphatic heterocycles.